The van der Waals surface area contributed by atoms with Gasteiger partial charge in [-0.25, -0.2) is 0 Å². The molecule has 0 amide bonds. The molecular formula is C18H21N3O3. The SMILES string of the molecule is O=[N+]([O-])c1cccc(-c2cccc(CCCN3CCOCC3)n2)c1. The number of aromatic nitrogens is 1. The van der Waals surface area contributed by atoms with Gasteiger partial charge in [0.15, 0.2) is 0 Å². The highest BCUT2D eigenvalue weighted by atomic mass is 16.6. The zero-order valence-electron chi connectivity index (χ0n) is 13.6. The van der Waals surface area contributed by atoms with Gasteiger partial charge in [-0.3, -0.25) is 20.0 Å². The smallest absolute Gasteiger partial charge is 0.270 e. The molecule has 0 aliphatic carbocycles. The molecule has 3 rings (SSSR count). The van der Waals surface area contributed by atoms with Gasteiger partial charge in [-0.2, -0.15) is 0 Å². The van der Waals surface area contributed by atoms with Gasteiger partial charge in [0, 0.05) is 36.5 Å². The molecule has 0 atom stereocenters. The second-order valence-corrected chi connectivity index (χ2v) is 5.88. The van der Waals surface area contributed by atoms with Crippen LogP contribution in [0.25, 0.3) is 11.3 Å². The van der Waals surface area contributed by atoms with Crippen molar-refractivity contribution >= 4 is 5.69 Å². The van der Waals surface area contributed by atoms with E-state index in [1.807, 2.05) is 24.3 Å². The van der Waals surface area contributed by atoms with Crippen LogP contribution in [0, 0.1) is 10.1 Å². The first kappa shape index (κ1) is 16.5. The van der Waals surface area contributed by atoms with E-state index in [-0.39, 0.29) is 10.6 Å². The van der Waals surface area contributed by atoms with Crippen molar-refractivity contribution < 1.29 is 9.66 Å². The van der Waals surface area contributed by atoms with Crippen molar-refractivity contribution in [2.45, 2.75) is 12.8 Å². The van der Waals surface area contributed by atoms with Crippen molar-refractivity contribution in [2.24, 2.45) is 0 Å². The summed E-state index contributed by atoms with van der Waals surface area (Å²) in [5.74, 6) is 0. The van der Waals surface area contributed by atoms with E-state index < -0.39 is 0 Å². The summed E-state index contributed by atoms with van der Waals surface area (Å²) in [5.41, 5.74) is 2.67. The Hall–Kier alpha value is -2.31. The summed E-state index contributed by atoms with van der Waals surface area (Å²) in [5, 5.41) is 10.9. The third-order valence-electron chi connectivity index (χ3n) is 4.17. The van der Waals surface area contributed by atoms with Crippen LogP contribution in [0.2, 0.25) is 0 Å². The highest BCUT2D eigenvalue weighted by Crippen LogP contribution is 2.22. The Bertz CT molecular complexity index is 699. The fourth-order valence-electron chi connectivity index (χ4n) is 2.87. The molecular weight excluding hydrogens is 306 g/mol. The van der Waals surface area contributed by atoms with Gasteiger partial charge in [0.25, 0.3) is 5.69 Å². The van der Waals surface area contributed by atoms with Crippen LogP contribution < -0.4 is 0 Å². The largest absolute Gasteiger partial charge is 0.379 e. The molecule has 0 bridgehead atoms. The van der Waals surface area contributed by atoms with Gasteiger partial charge in [-0.1, -0.05) is 18.2 Å². The fraction of sp³-hybridized carbons (Fsp3) is 0.389. The van der Waals surface area contributed by atoms with Crippen molar-refractivity contribution in [3.05, 3.63) is 58.3 Å². The normalized spacial score (nSPS) is 15.3. The van der Waals surface area contributed by atoms with Crippen molar-refractivity contribution in [1.82, 2.24) is 9.88 Å². The number of nitro groups is 1. The Balaban J connectivity index is 1.63. The van der Waals surface area contributed by atoms with Gasteiger partial charge in [0.05, 0.1) is 23.8 Å². The number of benzene rings is 1. The molecule has 6 heteroatoms. The molecule has 0 unspecified atom stereocenters. The van der Waals surface area contributed by atoms with Crippen LogP contribution in [0.15, 0.2) is 42.5 Å². The second-order valence-electron chi connectivity index (χ2n) is 5.88. The standard InChI is InChI=1S/C18H21N3O3/c22-21(23)17-7-1-4-15(14-17)18-8-2-5-16(19-18)6-3-9-20-10-12-24-13-11-20/h1-2,4-5,7-8,14H,3,6,9-13H2. The number of nitro benzene ring substituents is 1. The van der Waals surface area contributed by atoms with Crippen molar-refractivity contribution in [3.63, 3.8) is 0 Å². The summed E-state index contributed by atoms with van der Waals surface area (Å²) in [6, 6.07) is 12.5. The quantitative estimate of drug-likeness (QED) is 0.603. The average Bonchev–Trinajstić information content (AvgIpc) is 2.63. The monoisotopic (exact) mass is 327 g/mol. The van der Waals surface area contributed by atoms with E-state index in [1.165, 1.54) is 6.07 Å². The number of nitrogens with zero attached hydrogens (tertiary/aromatic N) is 3. The highest BCUT2D eigenvalue weighted by Gasteiger charge is 2.11. The zero-order chi connectivity index (χ0) is 16.8. The highest BCUT2D eigenvalue weighted by molar-refractivity contribution is 5.62. The van der Waals surface area contributed by atoms with Crippen molar-refractivity contribution in [1.29, 1.82) is 0 Å². The van der Waals surface area contributed by atoms with Crippen LogP contribution in [0.4, 0.5) is 5.69 Å². The third kappa shape index (κ3) is 4.37. The van der Waals surface area contributed by atoms with Gasteiger partial charge in [-0.15, -0.1) is 0 Å². The second kappa shape index (κ2) is 7.99. The lowest BCUT2D eigenvalue weighted by atomic mass is 10.1. The van der Waals surface area contributed by atoms with Crippen LogP contribution in [-0.4, -0.2) is 47.7 Å². The molecule has 1 aromatic carbocycles. The van der Waals surface area contributed by atoms with E-state index in [2.05, 4.69) is 9.88 Å². The summed E-state index contributed by atoms with van der Waals surface area (Å²) in [6.07, 6.45) is 1.95. The van der Waals surface area contributed by atoms with E-state index in [1.54, 1.807) is 12.1 Å². The average molecular weight is 327 g/mol. The van der Waals surface area contributed by atoms with E-state index >= 15 is 0 Å². The fourth-order valence-corrected chi connectivity index (χ4v) is 2.87. The Morgan fingerprint density at radius 2 is 1.96 bits per heavy atom. The molecule has 126 valence electrons. The maximum atomic E-state index is 10.9. The Morgan fingerprint density at radius 3 is 2.75 bits per heavy atom. The first-order chi connectivity index (χ1) is 11.7. The number of aryl methyl sites for hydroxylation is 1. The lowest BCUT2D eigenvalue weighted by Gasteiger charge is -2.26. The number of rotatable bonds is 6. The van der Waals surface area contributed by atoms with Crippen molar-refractivity contribution in [2.75, 3.05) is 32.8 Å². The third-order valence-corrected chi connectivity index (χ3v) is 4.17. The molecule has 2 heterocycles. The maximum Gasteiger partial charge on any atom is 0.270 e. The van der Waals surface area contributed by atoms with Crippen LogP contribution in [0.1, 0.15) is 12.1 Å². The van der Waals surface area contributed by atoms with Crippen LogP contribution >= 0.6 is 0 Å². The molecule has 6 nitrogen and oxygen atoms in total. The summed E-state index contributed by atoms with van der Waals surface area (Å²) >= 11 is 0. The number of morpholine rings is 1. The minimum Gasteiger partial charge on any atom is -0.379 e. The molecule has 24 heavy (non-hydrogen) atoms. The minimum atomic E-state index is -0.379. The molecule has 0 saturated carbocycles. The predicted molar refractivity (Wildman–Crippen MR) is 91.9 cm³/mol. The number of non-ortho nitro benzene ring substituents is 1. The molecule has 1 saturated heterocycles. The molecule has 0 N–H and O–H groups in total. The summed E-state index contributed by atoms with van der Waals surface area (Å²) in [6.45, 7) is 4.69. The molecule has 1 aliphatic rings. The lowest BCUT2D eigenvalue weighted by Crippen LogP contribution is -2.36. The van der Waals surface area contributed by atoms with Gasteiger partial charge < -0.3 is 4.74 Å². The predicted octanol–water partition coefficient (Wildman–Crippen LogP) is 2.92. The number of ether oxygens (including phenoxy) is 1. The van der Waals surface area contributed by atoms with E-state index in [0.29, 0.717) is 0 Å². The van der Waals surface area contributed by atoms with Crippen LogP contribution in [0.3, 0.4) is 0 Å². The van der Waals surface area contributed by atoms with E-state index in [4.69, 9.17) is 4.74 Å². The molecule has 1 aliphatic heterocycles. The van der Waals surface area contributed by atoms with Crippen LogP contribution in [0.5, 0.6) is 0 Å². The van der Waals surface area contributed by atoms with Crippen LogP contribution in [-0.2, 0) is 11.2 Å². The molecule has 1 fully saturated rings. The first-order valence-corrected chi connectivity index (χ1v) is 8.23. The number of pyridine rings is 1. The molecule has 0 spiro atoms. The summed E-state index contributed by atoms with van der Waals surface area (Å²) in [4.78, 5) is 17.6. The Kier molecular flexibility index (Phi) is 5.51. The maximum absolute atomic E-state index is 10.9. The van der Waals surface area contributed by atoms with Crippen molar-refractivity contribution in [3.8, 4) is 11.3 Å². The summed E-state index contributed by atoms with van der Waals surface area (Å²) < 4.78 is 5.35. The Morgan fingerprint density at radius 1 is 1.17 bits per heavy atom. The van der Waals surface area contributed by atoms with Gasteiger partial charge in [0.1, 0.15) is 0 Å². The molecule has 2 aromatic rings. The van der Waals surface area contributed by atoms with Gasteiger partial charge >= 0.3 is 0 Å². The van der Waals surface area contributed by atoms with Gasteiger partial charge in [-0.05, 0) is 31.5 Å². The van der Waals surface area contributed by atoms with Gasteiger partial charge in [0.2, 0.25) is 0 Å². The molecule has 1 aromatic heterocycles. The van der Waals surface area contributed by atoms with E-state index in [9.17, 15) is 10.1 Å². The number of hydrogen-bond acceptors (Lipinski definition) is 5. The number of hydrogen-bond donors (Lipinski definition) is 0. The zero-order valence-corrected chi connectivity index (χ0v) is 13.6. The Labute approximate surface area is 141 Å². The summed E-state index contributed by atoms with van der Waals surface area (Å²) in [7, 11) is 0. The van der Waals surface area contributed by atoms with E-state index in [0.717, 1.165) is 62.6 Å². The lowest BCUT2D eigenvalue weighted by molar-refractivity contribution is -0.384. The first-order valence-electron chi connectivity index (χ1n) is 8.23. The minimum absolute atomic E-state index is 0.0898. The topological polar surface area (TPSA) is 68.5 Å². The molecule has 0 radical (unpaired) electrons.